The summed E-state index contributed by atoms with van der Waals surface area (Å²) in [4.78, 5) is -0.204. The van der Waals surface area contributed by atoms with Gasteiger partial charge in [-0.15, -0.1) is 0 Å². The third-order valence-electron chi connectivity index (χ3n) is 2.86. The number of nitrogens with zero attached hydrogens (tertiary/aromatic N) is 1. The van der Waals surface area contributed by atoms with E-state index >= 15 is 0 Å². The standard InChI is InChI=1S/C14H19F3N2O2S/c1-3-10-19(11-4-2)13(14(15,16)17)18-22(20,21)12-8-6-5-7-9-12/h5-9H,3-4,10-11H2,1-2H3/p+1. The average Bonchev–Trinajstić information content (AvgIpc) is 2.44. The van der Waals surface area contributed by atoms with Gasteiger partial charge in [-0.2, -0.15) is 26.3 Å². The van der Waals surface area contributed by atoms with Gasteiger partial charge in [0.2, 0.25) is 0 Å². The van der Waals surface area contributed by atoms with Crippen molar-refractivity contribution in [1.29, 1.82) is 0 Å². The molecule has 0 aliphatic carbocycles. The van der Waals surface area contributed by atoms with Crippen LogP contribution in [-0.4, -0.2) is 38.1 Å². The van der Waals surface area contributed by atoms with E-state index in [2.05, 4.69) is 0 Å². The van der Waals surface area contributed by atoms with Crippen molar-refractivity contribution in [3.63, 3.8) is 0 Å². The van der Waals surface area contributed by atoms with Gasteiger partial charge in [0.15, 0.2) is 0 Å². The summed E-state index contributed by atoms with van der Waals surface area (Å²) < 4.78 is 66.8. The van der Waals surface area contributed by atoms with Gasteiger partial charge in [-0.25, -0.2) is 0 Å². The van der Waals surface area contributed by atoms with E-state index in [1.54, 1.807) is 24.6 Å². The normalized spacial score (nSPS) is 12.0. The molecule has 8 heteroatoms. The van der Waals surface area contributed by atoms with Gasteiger partial charge in [0.05, 0.1) is 13.1 Å². The van der Waals surface area contributed by atoms with E-state index in [-0.39, 0.29) is 18.0 Å². The van der Waals surface area contributed by atoms with Gasteiger partial charge < -0.3 is 0 Å². The van der Waals surface area contributed by atoms with Crippen LogP contribution >= 0.6 is 0 Å². The van der Waals surface area contributed by atoms with E-state index in [4.69, 9.17) is 0 Å². The number of alkyl halides is 3. The molecular formula is C14H20F3N2O2S+. The average molecular weight is 337 g/mol. The molecule has 0 heterocycles. The number of hydrogen-bond acceptors (Lipinski definition) is 2. The van der Waals surface area contributed by atoms with Gasteiger partial charge in [-0.3, -0.25) is 4.58 Å². The topological polar surface area (TPSA) is 49.2 Å². The van der Waals surface area contributed by atoms with Crippen LogP contribution in [0.25, 0.3) is 0 Å². The Balaban J connectivity index is 3.28. The maximum absolute atomic E-state index is 13.3. The SMILES string of the molecule is CCC[N+](CCC)=C(NS(=O)(=O)c1ccccc1)C(F)(F)F. The molecule has 0 fully saturated rings. The highest BCUT2D eigenvalue weighted by molar-refractivity contribution is 7.90. The molecule has 0 aromatic heterocycles. The van der Waals surface area contributed by atoms with Crippen molar-refractivity contribution < 1.29 is 26.2 Å². The zero-order chi connectivity index (χ0) is 16.8. The summed E-state index contributed by atoms with van der Waals surface area (Å²) in [7, 11) is -4.27. The van der Waals surface area contributed by atoms with Gasteiger partial charge in [0.25, 0.3) is 0 Å². The van der Waals surface area contributed by atoms with E-state index in [1.165, 1.54) is 24.3 Å². The number of hydrogen-bond donors (Lipinski definition) is 1. The summed E-state index contributed by atoms with van der Waals surface area (Å²) >= 11 is 0. The maximum atomic E-state index is 13.3. The summed E-state index contributed by atoms with van der Waals surface area (Å²) in [6.45, 7) is 3.73. The lowest BCUT2D eigenvalue weighted by Gasteiger charge is -2.14. The smallest absolute Gasteiger partial charge is 0.257 e. The molecule has 124 valence electrons. The number of rotatable bonds is 6. The van der Waals surface area contributed by atoms with Crippen LogP contribution in [0.5, 0.6) is 0 Å². The maximum Gasteiger partial charge on any atom is 0.495 e. The van der Waals surface area contributed by atoms with Gasteiger partial charge in [0, 0.05) is 0 Å². The molecule has 4 nitrogen and oxygen atoms in total. The first-order chi connectivity index (χ1) is 10.2. The largest absolute Gasteiger partial charge is 0.495 e. The summed E-state index contributed by atoms with van der Waals surface area (Å²) in [5.74, 6) is -1.24. The fourth-order valence-electron chi connectivity index (χ4n) is 1.96. The summed E-state index contributed by atoms with van der Waals surface area (Å²) in [5.41, 5.74) is 0. The van der Waals surface area contributed by atoms with Crippen LogP contribution in [0.4, 0.5) is 13.2 Å². The van der Waals surface area contributed by atoms with Gasteiger partial charge in [-0.05, 0) is 25.0 Å². The van der Waals surface area contributed by atoms with Gasteiger partial charge in [0.1, 0.15) is 4.90 Å². The Morgan fingerprint density at radius 3 is 2.00 bits per heavy atom. The molecule has 0 amide bonds. The third kappa shape index (κ3) is 5.01. The van der Waals surface area contributed by atoms with Crippen molar-refractivity contribution in [2.45, 2.75) is 37.8 Å². The molecule has 0 radical (unpaired) electrons. The minimum absolute atomic E-state index is 0.125. The Hall–Kier alpha value is -1.57. The van der Waals surface area contributed by atoms with E-state index in [9.17, 15) is 21.6 Å². The van der Waals surface area contributed by atoms with E-state index in [0.717, 1.165) is 4.58 Å². The second-order valence-electron chi connectivity index (χ2n) is 4.75. The van der Waals surface area contributed by atoms with Crippen LogP contribution < -0.4 is 4.72 Å². The quantitative estimate of drug-likeness (QED) is 0.493. The molecule has 0 aliphatic heterocycles. The van der Waals surface area contributed by atoms with Crippen LogP contribution in [0.1, 0.15) is 26.7 Å². The minimum atomic E-state index is -4.77. The van der Waals surface area contributed by atoms with Crippen molar-refractivity contribution >= 4 is 15.9 Å². The van der Waals surface area contributed by atoms with E-state index in [1.807, 2.05) is 0 Å². The first-order valence-electron chi connectivity index (χ1n) is 6.99. The van der Waals surface area contributed by atoms with Crippen LogP contribution in [0.15, 0.2) is 35.2 Å². The molecule has 0 aliphatic rings. The minimum Gasteiger partial charge on any atom is -0.257 e. The molecule has 0 spiro atoms. The Bertz CT molecular complexity index is 603. The van der Waals surface area contributed by atoms with Crippen molar-refractivity contribution in [1.82, 2.24) is 4.72 Å². The Kier molecular flexibility index (Phi) is 6.40. The Labute approximate surface area is 128 Å². The van der Waals surface area contributed by atoms with Crippen molar-refractivity contribution in [3.8, 4) is 0 Å². The van der Waals surface area contributed by atoms with Crippen LogP contribution in [-0.2, 0) is 10.0 Å². The Morgan fingerprint density at radius 2 is 1.59 bits per heavy atom. The second-order valence-corrected chi connectivity index (χ2v) is 6.43. The molecule has 1 rings (SSSR count). The first kappa shape index (κ1) is 18.5. The molecule has 0 bridgehead atoms. The third-order valence-corrected chi connectivity index (χ3v) is 4.21. The summed E-state index contributed by atoms with van der Waals surface area (Å²) in [6, 6.07) is 7.00. The lowest BCUT2D eigenvalue weighted by Crippen LogP contribution is -2.47. The van der Waals surface area contributed by atoms with Crippen molar-refractivity contribution in [3.05, 3.63) is 30.3 Å². The molecule has 0 saturated carbocycles. The predicted molar refractivity (Wildman–Crippen MR) is 78.4 cm³/mol. The number of amidine groups is 1. The molecule has 0 saturated heterocycles. The summed E-state index contributed by atoms with van der Waals surface area (Å²) in [5, 5.41) is 0. The van der Waals surface area contributed by atoms with Crippen LogP contribution in [0, 0.1) is 0 Å². The van der Waals surface area contributed by atoms with Gasteiger partial charge in [-0.1, -0.05) is 32.0 Å². The predicted octanol–water partition coefficient (Wildman–Crippen LogP) is 2.76. The zero-order valence-electron chi connectivity index (χ0n) is 12.5. The molecule has 1 aromatic rings. The molecular weight excluding hydrogens is 317 g/mol. The molecule has 22 heavy (non-hydrogen) atoms. The van der Waals surface area contributed by atoms with Crippen LogP contribution in [0.2, 0.25) is 0 Å². The van der Waals surface area contributed by atoms with E-state index in [0.29, 0.717) is 12.8 Å². The molecule has 1 N–H and O–H groups in total. The highest BCUT2D eigenvalue weighted by atomic mass is 32.2. The first-order valence-corrected chi connectivity index (χ1v) is 8.47. The number of nitrogens with one attached hydrogen (secondary N) is 1. The highest BCUT2D eigenvalue weighted by Gasteiger charge is 2.47. The van der Waals surface area contributed by atoms with Crippen LogP contribution in [0.3, 0.4) is 0 Å². The fraction of sp³-hybridized carbons (Fsp3) is 0.500. The fourth-order valence-corrected chi connectivity index (χ4v) is 3.10. The van der Waals surface area contributed by atoms with Gasteiger partial charge >= 0.3 is 22.0 Å². The monoisotopic (exact) mass is 337 g/mol. The molecule has 0 unspecified atom stereocenters. The molecule has 1 aromatic carbocycles. The highest BCUT2D eigenvalue weighted by Crippen LogP contribution is 2.18. The second kappa shape index (κ2) is 7.62. The lowest BCUT2D eigenvalue weighted by molar-refractivity contribution is -0.536. The number of benzene rings is 1. The lowest BCUT2D eigenvalue weighted by atomic mass is 10.4. The zero-order valence-corrected chi connectivity index (χ0v) is 13.3. The van der Waals surface area contributed by atoms with E-state index < -0.39 is 22.0 Å². The molecule has 0 atom stereocenters. The summed E-state index contributed by atoms with van der Waals surface area (Å²) in [6.07, 6.45) is -3.81. The Morgan fingerprint density at radius 1 is 1.09 bits per heavy atom. The number of halogens is 3. The van der Waals surface area contributed by atoms with Crippen molar-refractivity contribution in [2.75, 3.05) is 13.1 Å². The van der Waals surface area contributed by atoms with Crippen molar-refractivity contribution in [2.24, 2.45) is 0 Å². The number of sulfonamides is 1.